The first-order valence-corrected chi connectivity index (χ1v) is 6.87. The lowest BCUT2D eigenvalue weighted by atomic mass is 9.98. The van der Waals surface area contributed by atoms with Crippen LogP contribution in [0.15, 0.2) is 0 Å². The third-order valence-electron chi connectivity index (χ3n) is 3.17. The van der Waals surface area contributed by atoms with Crippen LogP contribution in [-0.2, 0) is 16.1 Å². The van der Waals surface area contributed by atoms with Crippen molar-refractivity contribution in [1.82, 2.24) is 19.8 Å². The first-order chi connectivity index (χ1) is 8.95. The lowest BCUT2D eigenvalue weighted by molar-refractivity contribution is -0.145. The highest BCUT2D eigenvalue weighted by atomic mass is 32.1. The molecule has 19 heavy (non-hydrogen) atoms. The summed E-state index contributed by atoms with van der Waals surface area (Å²) in [6.07, 6.45) is 0. The quantitative estimate of drug-likeness (QED) is 0.768. The van der Waals surface area contributed by atoms with E-state index in [-0.39, 0.29) is 18.4 Å². The highest BCUT2D eigenvalue weighted by molar-refractivity contribution is 7.10. The molecule has 2 N–H and O–H groups in total. The fourth-order valence-electron chi connectivity index (χ4n) is 1.87. The number of carbonyl (C=O) groups excluding carboxylic acids is 2. The van der Waals surface area contributed by atoms with Crippen molar-refractivity contribution >= 4 is 28.3 Å². The molecule has 104 valence electrons. The fourth-order valence-corrected chi connectivity index (χ4v) is 2.52. The van der Waals surface area contributed by atoms with Crippen LogP contribution in [0.5, 0.6) is 0 Å². The van der Waals surface area contributed by atoms with Gasteiger partial charge in [-0.1, -0.05) is 4.49 Å². The maximum Gasteiger partial charge on any atom is 0.246 e. The fraction of sp³-hybridized carbons (Fsp3) is 0.636. The minimum absolute atomic E-state index is 0.182. The van der Waals surface area contributed by atoms with Crippen molar-refractivity contribution < 1.29 is 9.59 Å². The van der Waals surface area contributed by atoms with E-state index in [1.165, 1.54) is 11.5 Å². The topological polar surface area (TPSA) is 87.2 Å². The third-order valence-corrected chi connectivity index (χ3v) is 3.89. The van der Waals surface area contributed by atoms with E-state index >= 15 is 0 Å². The number of carbonyl (C=O) groups is 2. The predicted octanol–water partition coefficient (Wildman–Crippen LogP) is 0.207. The Morgan fingerprint density at radius 2 is 2.21 bits per heavy atom. The molecular formula is C11H17N5O2S. The lowest BCUT2D eigenvalue weighted by Gasteiger charge is -2.39. The standard InChI is InChI=1S/C11H17N5O2S/c1-4-12-9-7(14-15-19-9)5-16-6-8(17)13-10(18)11(16,2)3/h12H,4-6H2,1-3H3,(H,13,17,18). The van der Waals surface area contributed by atoms with E-state index in [4.69, 9.17) is 0 Å². The lowest BCUT2D eigenvalue weighted by Crippen LogP contribution is -2.63. The van der Waals surface area contributed by atoms with Crippen molar-refractivity contribution in [2.45, 2.75) is 32.9 Å². The molecule has 2 amide bonds. The smallest absolute Gasteiger partial charge is 0.246 e. The largest absolute Gasteiger partial charge is 0.374 e. The Morgan fingerprint density at radius 1 is 1.47 bits per heavy atom. The number of aromatic nitrogens is 2. The zero-order chi connectivity index (χ0) is 14.0. The Hall–Kier alpha value is -1.54. The Labute approximate surface area is 115 Å². The number of nitrogens with zero attached hydrogens (tertiary/aromatic N) is 3. The van der Waals surface area contributed by atoms with Gasteiger partial charge in [-0.15, -0.1) is 5.10 Å². The summed E-state index contributed by atoms with van der Waals surface area (Å²) in [5.74, 6) is -0.561. The van der Waals surface area contributed by atoms with Crippen LogP contribution in [0, 0.1) is 0 Å². The van der Waals surface area contributed by atoms with Crippen molar-refractivity contribution in [1.29, 1.82) is 0 Å². The van der Waals surface area contributed by atoms with Gasteiger partial charge in [0.05, 0.1) is 12.1 Å². The van der Waals surface area contributed by atoms with Crippen molar-refractivity contribution in [3.05, 3.63) is 5.69 Å². The van der Waals surface area contributed by atoms with Gasteiger partial charge in [-0.3, -0.25) is 19.8 Å². The van der Waals surface area contributed by atoms with Gasteiger partial charge in [0.25, 0.3) is 0 Å². The molecule has 1 fully saturated rings. The number of anilines is 1. The molecule has 1 aromatic rings. The molecule has 7 nitrogen and oxygen atoms in total. The molecular weight excluding hydrogens is 266 g/mol. The Bertz CT molecular complexity index is 499. The van der Waals surface area contributed by atoms with Gasteiger partial charge in [0.1, 0.15) is 10.7 Å². The van der Waals surface area contributed by atoms with Crippen molar-refractivity contribution in [3.8, 4) is 0 Å². The van der Waals surface area contributed by atoms with Gasteiger partial charge >= 0.3 is 0 Å². The number of piperazine rings is 1. The maximum absolute atomic E-state index is 11.9. The van der Waals surface area contributed by atoms with E-state index in [1.54, 1.807) is 13.8 Å². The average Bonchev–Trinajstić information content (AvgIpc) is 2.74. The molecule has 1 aliphatic rings. The minimum atomic E-state index is -0.735. The molecule has 0 spiro atoms. The van der Waals surface area contributed by atoms with Crippen LogP contribution < -0.4 is 10.6 Å². The van der Waals surface area contributed by atoms with Gasteiger partial charge in [-0.25, -0.2) is 0 Å². The third kappa shape index (κ3) is 2.74. The molecule has 0 saturated carbocycles. The molecule has 1 aliphatic heterocycles. The molecule has 0 aromatic carbocycles. The summed E-state index contributed by atoms with van der Waals surface area (Å²) < 4.78 is 3.91. The van der Waals surface area contributed by atoms with Crippen LogP contribution in [0.1, 0.15) is 26.5 Å². The van der Waals surface area contributed by atoms with E-state index < -0.39 is 5.54 Å². The van der Waals surface area contributed by atoms with Gasteiger partial charge in [0.15, 0.2) is 0 Å². The molecule has 0 radical (unpaired) electrons. The highest BCUT2D eigenvalue weighted by Gasteiger charge is 2.41. The zero-order valence-electron chi connectivity index (χ0n) is 11.2. The van der Waals surface area contributed by atoms with Gasteiger partial charge in [-0.2, -0.15) is 0 Å². The minimum Gasteiger partial charge on any atom is -0.374 e. The van der Waals surface area contributed by atoms with E-state index in [0.29, 0.717) is 6.54 Å². The first kappa shape index (κ1) is 13.9. The summed E-state index contributed by atoms with van der Waals surface area (Å²) in [7, 11) is 0. The van der Waals surface area contributed by atoms with E-state index in [9.17, 15) is 9.59 Å². The average molecular weight is 283 g/mol. The van der Waals surface area contributed by atoms with Crippen molar-refractivity contribution in [2.75, 3.05) is 18.4 Å². The number of nitrogens with one attached hydrogen (secondary N) is 2. The Morgan fingerprint density at radius 3 is 2.89 bits per heavy atom. The SMILES string of the molecule is CCNc1snnc1CN1CC(=O)NC(=O)C1(C)C. The summed E-state index contributed by atoms with van der Waals surface area (Å²) >= 11 is 1.28. The maximum atomic E-state index is 11.9. The molecule has 0 bridgehead atoms. The van der Waals surface area contributed by atoms with Crippen molar-refractivity contribution in [2.24, 2.45) is 0 Å². The number of hydrogen-bond acceptors (Lipinski definition) is 7. The second kappa shape index (κ2) is 5.22. The summed E-state index contributed by atoms with van der Waals surface area (Å²) in [6, 6.07) is 0. The van der Waals surface area contributed by atoms with Gasteiger partial charge < -0.3 is 5.32 Å². The second-order valence-corrected chi connectivity index (χ2v) is 5.63. The number of amides is 2. The van der Waals surface area contributed by atoms with Gasteiger partial charge in [0.2, 0.25) is 11.8 Å². The van der Waals surface area contributed by atoms with Crippen LogP contribution in [0.3, 0.4) is 0 Å². The molecule has 0 unspecified atom stereocenters. The van der Waals surface area contributed by atoms with Crippen molar-refractivity contribution in [3.63, 3.8) is 0 Å². The van der Waals surface area contributed by atoms with E-state index in [1.807, 2.05) is 11.8 Å². The van der Waals surface area contributed by atoms with Gasteiger partial charge in [0, 0.05) is 24.6 Å². The van der Waals surface area contributed by atoms with Crippen LogP contribution in [0.4, 0.5) is 5.00 Å². The molecule has 2 heterocycles. The van der Waals surface area contributed by atoms with Crippen LogP contribution in [-0.4, -0.2) is 44.9 Å². The second-order valence-electron chi connectivity index (χ2n) is 4.87. The molecule has 2 rings (SSSR count). The predicted molar refractivity (Wildman–Crippen MR) is 71.7 cm³/mol. The van der Waals surface area contributed by atoms with Crippen LogP contribution >= 0.6 is 11.5 Å². The van der Waals surface area contributed by atoms with Gasteiger partial charge in [-0.05, 0) is 20.8 Å². The summed E-state index contributed by atoms with van der Waals surface area (Å²) in [5.41, 5.74) is 0.0310. The number of rotatable bonds is 4. The normalized spacial score (nSPS) is 19.3. The summed E-state index contributed by atoms with van der Waals surface area (Å²) in [6.45, 7) is 6.96. The van der Waals surface area contributed by atoms with E-state index in [0.717, 1.165) is 17.2 Å². The first-order valence-electron chi connectivity index (χ1n) is 6.09. The molecule has 1 aromatic heterocycles. The number of imide groups is 1. The number of hydrogen-bond donors (Lipinski definition) is 2. The Kier molecular flexibility index (Phi) is 3.81. The van der Waals surface area contributed by atoms with E-state index in [2.05, 4.69) is 20.2 Å². The zero-order valence-corrected chi connectivity index (χ0v) is 12.0. The molecule has 0 atom stereocenters. The monoisotopic (exact) mass is 283 g/mol. The molecule has 1 saturated heterocycles. The van der Waals surface area contributed by atoms with Crippen LogP contribution in [0.2, 0.25) is 0 Å². The Balaban J connectivity index is 2.18. The summed E-state index contributed by atoms with van der Waals surface area (Å²) in [4.78, 5) is 25.2. The molecule has 8 heteroatoms. The summed E-state index contributed by atoms with van der Waals surface area (Å²) in [5, 5.41) is 10.5. The highest BCUT2D eigenvalue weighted by Crippen LogP contribution is 2.25. The van der Waals surface area contributed by atoms with Crippen LogP contribution in [0.25, 0.3) is 0 Å². The molecule has 0 aliphatic carbocycles.